The fraction of sp³-hybridized carbons (Fsp3) is 0.727. The second-order valence-electron chi connectivity index (χ2n) is 4.20. The Morgan fingerprint density at radius 2 is 1.79 bits per heavy atom. The molecule has 0 unspecified atom stereocenters. The lowest BCUT2D eigenvalue weighted by molar-refractivity contribution is -0.125. The van der Waals surface area contributed by atoms with Crippen LogP contribution >= 0.6 is 22.6 Å². The van der Waals surface area contributed by atoms with Crippen molar-refractivity contribution >= 4 is 28.5 Å². The number of halogens is 1. The second kappa shape index (κ2) is 4.64. The van der Waals surface area contributed by atoms with Gasteiger partial charge in [-0.1, -0.05) is 48.4 Å². The molecule has 0 aromatic heterocycles. The van der Waals surface area contributed by atoms with Gasteiger partial charge in [0.2, 0.25) is 5.91 Å². The smallest absolute Gasteiger partial charge is 0.250 e. The van der Waals surface area contributed by atoms with Crippen molar-refractivity contribution in [2.75, 3.05) is 14.1 Å². The molecule has 1 saturated carbocycles. The minimum atomic E-state index is 0.0252. The largest absolute Gasteiger partial charge is 0.345 e. The normalized spacial score (nSPS) is 20.2. The molecule has 0 bridgehead atoms. The molecule has 0 heterocycles. The number of amides is 1. The van der Waals surface area contributed by atoms with E-state index in [1.807, 2.05) is 0 Å². The van der Waals surface area contributed by atoms with Gasteiger partial charge in [-0.3, -0.25) is 4.79 Å². The fourth-order valence-electron chi connectivity index (χ4n) is 1.88. The summed E-state index contributed by atoms with van der Waals surface area (Å²) in [4.78, 5) is 13.4. The van der Waals surface area contributed by atoms with Gasteiger partial charge >= 0.3 is 0 Å². The Balaban J connectivity index is 2.71. The maximum Gasteiger partial charge on any atom is 0.250 e. The first kappa shape index (κ1) is 12.0. The summed E-state index contributed by atoms with van der Waals surface area (Å²) in [7, 11) is 3.58. The summed E-state index contributed by atoms with van der Waals surface area (Å²) < 4.78 is 0.0252. The van der Waals surface area contributed by atoms with Crippen LogP contribution < -0.4 is 0 Å². The first-order chi connectivity index (χ1) is 6.47. The highest BCUT2D eigenvalue weighted by Crippen LogP contribution is 2.41. The van der Waals surface area contributed by atoms with Crippen molar-refractivity contribution < 1.29 is 4.79 Å². The molecule has 0 N–H and O–H groups in total. The lowest BCUT2D eigenvalue weighted by atomic mass is 9.84. The first-order valence-electron chi connectivity index (χ1n) is 5.07. The molecule has 0 spiro atoms. The summed E-state index contributed by atoms with van der Waals surface area (Å²) in [5, 5.41) is 0. The van der Waals surface area contributed by atoms with Crippen molar-refractivity contribution in [1.82, 2.24) is 4.90 Å². The van der Waals surface area contributed by atoms with Crippen LogP contribution in [0.2, 0.25) is 0 Å². The van der Waals surface area contributed by atoms with Gasteiger partial charge in [-0.2, -0.15) is 0 Å². The Hall–Kier alpha value is -0.0600. The third kappa shape index (κ3) is 2.49. The van der Waals surface area contributed by atoms with E-state index in [0.29, 0.717) is 0 Å². The topological polar surface area (TPSA) is 20.3 Å². The summed E-state index contributed by atoms with van der Waals surface area (Å²) in [6, 6.07) is 0. The van der Waals surface area contributed by atoms with Crippen LogP contribution in [0.4, 0.5) is 0 Å². The van der Waals surface area contributed by atoms with Crippen LogP contribution in [-0.4, -0.2) is 28.3 Å². The number of carbonyl (C=O) groups excluding carboxylic acids is 1. The molecule has 3 heteroatoms. The lowest BCUT2D eigenvalue weighted by Crippen LogP contribution is -2.35. The number of hydrogen-bond acceptors (Lipinski definition) is 1. The maximum atomic E-state index is 11.8. The molecule has 1 amide bonds. The summed E-state index contributed by atoms with van der Waals surface area (Å²) in [5.41, 5.74) is 0.780. The van der Waals surface area contributed by atoms with Crippen molar-refractivity contribution in [1.29, 1.82) is 0 Å². The van der Waals surface area contributed by atoms with E-state index in [2.05, 4.69) is 29.2 Å². The predicted octanol–water partition coefficient (Wildman–Crippen LogP) is 2.77. The van der Waals surface area contributed by atoms with Crippen molar-refractivity contribution in [3.8, 4) is 0 Å². The summed E-state index contributed by atoms with van der Waals surface area (Å²) in [5.74, 6) is 0.0845. The molecular weight excluding hydrogens is 289 g/mol. The van der Waals surface area contributed by atoms with Crippen LogP contribution in [0.5, 0.6) is 0 Å². The molecule has 0 saturated heterocycles. The molecule has 0 atom stereocenters. The number of carbonyl (C=O) groups is 1. The Morgan fingerprint density at radius 3 is 2.21 bits per heavy atom. The van der Waals surface area contributed by atoms with Gasteiger partial charge in [-0.25, -0.2) is 0 Å². The Labute approximate surface area is 99.9 Å². The monoisotopic (exact) mass is 307 g/mol. The number of rotatable bonds is 2. The van der Waals surface area contributed by atoms with Crippen molar-refractivity contribution in [2.45, 2.75) is 35.5 Å². The lowest BCUT2D eigenvalue weighted by Gasteiger charge is -2.33. The van der Waals surface area contributed by atoms with Gasteiger partial charge in [0.1, 0.15) is 0 Å². The average Bonchev–Trinajstić information content (AvgIpc) is 2.16. The van der Waals surface area contributed by atoms with E-state index >= 15 is 0 Å². The predicted molar refractivity (Wildman–Crippen MR) is 67.7 cm³/mol. The minimum Gasteiger partial charge on any atom is -0.345 e. The van der Waals surface area contributed by atoms with Gasteiger partial charge in [-0.05, 0) is 12.8 Å². The molecule has 0 aromatic carbocycles. The quantitative estimate of drug-likeness (QED) is 0.436. The highest BCUT2D eigenvalue weighted by Gasteiger charge is 2.35. The van der Waals surface area contributed by atoms with Crippen molar-refractivity contribution in [3.05, 3.63) is 12.2 Å². The van der Waals surface area contributed by atoms with Crippen LogP contribution in [0.1, 0.15) is 32.1 Å². The molecule has 1 aliphatic rings. The molecule has 80 valence electrons. The van der Waals surface area contributed by atoms with Crippen molar-refractivity contribution in [2.24, 2.45) is 0 Å². The summed E-state index contributed by atoms with van der Waals surface area (Å²) in [6.45, 7) is 3.97. The number of nitrogens with zero attached hydrogens (tertiary/aromatic N) is 1. The molecule has 14 heavy (non-hydrogen) atoms. The fourth-order valence-corrected chi connectivity index (χ4v) is 2.87. The zero-order valence-corrected chi connectivity index (χ0v) is 11.1. The molecule has 0 radical (unpaired) electrons. The minimum absolute atomic E-state index is 0.0252. The number of alkyl halides is 1. The average molecular weight is 307 g/mol. The van der Waals surface area contributed by atoms with Crippen molar-refractivity contribution in [3.63, 3.8) is 0 Å². The molecular formula is C11H18INO. The second-order valence-corrected chi connectivity index (χ2v) is 6.27. The van der Waals surface area contributed by atoms with Crippen LogP contribution in [0, 0.1) is 0 Å². The van der Waals surface area contributed by atoms with E-state index in [-0.39, 0.29) is 9.33 Å². The highest BCUT2D eigenvalue weighted by atomic mass is 127. The molecule has 0 aromatic rings. The third-order valence-corrected chi connectivity index (χ3v) is 4.58. The molecule has 2 nitrogen and oxygen atoms in total. The van der Waals surface area contributed by atoms with E-state index in [0.717, 1.165) is 18.4 Å². The van der Waals surface area contributed by atoms with Gasteiger partial charge in [0.05, 0.1) is 3.42 Å². The van der Waals surface area contributed by atoms with Crippen LogP contribution in [0.25, 0.3) is 0 Å². The first-order valence-corrected chi connectivity index (χ1v) is 6.15. The SMILES string of the molecule is C=C(C(=O)N(C)C)C1(I)CCCCC1. The molecule has 0 aliphatic heterocycles. The van der Waals surface area contributed by atoms with Crippen LogP contribution in [-0.2, 0) is 4.79 Å². The van der Waals surface area contributed by atoms with E-state index in [1.54, 1.807) is 19.0 Å². The summed E-state index contributed by atoms with van der Waals surface area (Å²) in [6.07, 6.45) is 5.96. The zero-order chi connectivity index (χ0) is 10.8. The van der Waals surface area contributed by atoms with E-state index < -0.39 is 0 Å². The van der Waals surface area contributed by atoms with E-state index in [4.69, 9.17) is 0 Å². The van der Waals surface area contributed by atoms with Crippen LogP contribution in [0.15, 0.2) is 12.2 Å². The van der Waals surface area contributed by atoms with Gasteiger partial charge in [0, 0.05) is 19.7 Å². The standard InChI is InChI=1S/C11H18INO/c1-9(10(14)13(2)3)11(12)7-5-4-6-8-11/h1,4-8H2,2-3H3. The van der Waals surface area contributed by atoms with Gasteiger partial charge < -0.3 is 4.90 Å². The van der Waals surface area contributed by atoms with E-state index in [9.17, 15) is 4.79 Å². The maximum absolute atomic E-state index is 11.8. The molecule has 1 aliphatic carbocycles. The van der Waals surface area contributed by atoms with E-state index in [1.165, 1.54) is 19.3 Å². The highest BCUT2D eigenvalue weighted by molar-refractivity contribution is 14.1. The number of likely N-dealkylation sites (N-methyl/N-ethyl adjacent to an activating group) is 1. The Morgan fingerprint density at radius 1 is 1.29 bits per heavy atom. The molecule has 1 fully saturated rings. The zero-order valence-electron chi connectivity index (χ0n) is 8.98. The van der Waals surface area contributed by atoms with Gasteiger partial charge in [0.15, 0.2) is 0 Å². The summed E-state index contributed by atoms with van der Waals surface area (Å²) >= 11 is 2.42. The third-order valence-electron chi connectivity index (χ3n) is 2.85. The Kier molecular flexibility index (Phi) is 3.98. The number of hydrogen-bond donors (Lipinski definition) is 0. The Bertz CT molecular complexity index is 242. The van der Waals surface area contributed by atoms with Crippen LogP contribution in [0.3, 0.4) is 0 Å². The molecule has 1 rings (SSSR count). The van der Waals surface area contributed by atoms with Gasteiger partial charge in [0.25, 0.3) is 0 Å². The van der Waals surface area contributed by atoms with Gasteiger partial charge in [-0.15, -0.1) is 0 Å².